The van der Waals surface area contributed by atoms with Crippen molar-refractivity contribution in [3.05, 3.63) is 89.1 Å². The largest absolute Gasteiger partial charge is 0.497 e. The molecule has 33 heavy (non-hydrogen) atoms. The summed E-state index contributed by atoms with van der Waals surface area (Å²) in [5.41, 5.74) is 2.57. The smallest absolute Gasteiger partial charge is 0.282 e. The van der Waals surface area contributed by atoms with Gasteiger partial charge in [0, 0.05) is 23.3 Å². The van der Waals surface area contributed by atoms with E-state index in [1.807, 2.05) is 0 Å². The number of ether oxygens (including phenoxy) is 1. The highest BCUT2D eigenvalue weighted by atomic mass is 35.5. The first-order valence-electron chi connectivity index (χ1n) is 10.0. The summed E-state index contributed by atoms with van der Waals surface area (Å²) in [6.45, 7) is 1.42. The summed E-state index contributed by atoms with van der Waals surface area (Å²) in [6.07, 6.45) is 0. The molecule has 0 saturated heterocycles. The van der Waals surface area contributed by atoms with Crippen LogP contribution < -0.4 is 20.3 Å². The molecule has 0 fully saturated rings. The van der Waals surface area contributed by atoms with Gasteiger partial charge in [0.1, 0.15) is 11.4 Å². The second kappa shape index (κ2) is 9.18. The van der Waals surface area contributed by atoms with E-state index in [1.165, 1.54) is 6.92 Å². The Kier molecular flexibility index (Phi) is 6.15. The zero-order valence-electron chi connectivity index (χ0n) is 17.9. The van der Waals surface area contributed by atoms with Crippen LogP contribution in [0.5, 0.6) is 5.75 Å². The second-order valence-corrected chi connectivity index (χ2v) is 7.72. The molecule has 1 aliphatic rings. The van der Waals surface area contributed by atoms with Crippen LogP contribution in [0, 0.1) is 0 Å². The van der Waals surface area contributed by atoms with Crippen LogP contribution in [-0.2, 0) is 14.4 Å². The molecule has 0 bridgehead atoms. The number of hydrogen-bond donors (Lipinski definition) is 2. The van der Waals surface area contributed by atoms with E-state index in [0.717, 1.165) is 4.90 Å². The summed E-state index contributed by atoms with van der Waals surface area (Å²) in [5, 5.41) is 6.29. The third kappa shape index (κ3) is 4.58. The molecular formula is C25H20ClN3O4. The van der Waals surface area contributed by atoms with Gasteiger partial charge in [-0.25, -0.2) is 4.90 Å². The zero-order chi connectivity index (χ0) is 23.5. The van der Waals surface area contributed by atoms with Crippen LogP contribution in [0.15, 0.2) is 78.5 Å². The molecule has 0 saturated carbocycles. The minimum Gasteiger partial charge on any atom is -0.497 e. The van der Waals surface area contributed by atoms with Crippen molar-refractivity contribution in [1.82, 2.24) is 0 Å². The van der Waals surface area contributed by atoms with E-state index in [0.29, 0.717) is 33.4 Å². The number of nitrogens with one attached hydrogen (secondary N) is 2. The highest BCUT2D eigenvalue weighted by molar-refractivity contribution is 6.46. The molecule has 1 heterocycles. The van der Waals surface area contributed by atoms with Gasteiger partial charge in [0.25, 0.3) is 11.8 Å². The Morgan fingerprint density at radius 2 is 1.45 bits per heavy atom. The minimum absolute atomic E-state index is 0.144. The molecule has 0 aliphatic carbocycles. The van der Waals surface area contributed by atoms with Gasteiger partial charge in [-0.2, -0.15) is 0 Å². The van der Waals surface area contributed by atoms with Crippen molar-refractivity contribution in [2.24, 2.45) is 0 Å². The summed E-state index contributed by atoms with van der Waals surface area (Å²) in [7, 11) is 1.54. The van der Waals surface area contributed by atoms with Gasteiger partial charge in [-0.15, -0.1) is 0 Å². The van der Waals surface area contributed by atoms with Crippen molar-refractivity contribution < 1.29 is 19.1 Å². The van der Waals surface area contributed by atoms with Gasteiger partial charge in [-0.05, 0) is 66.2 Å². The minimum atomic E-state index is -0.485. The summed E-state index contributed by atoms with van der Waals surface area (Å²) in [4.78, 5) is 39.2. The molecule has 0 radical (unpaired) electrons. The fourth-order valence-corrected chi connectivity index (χ4v) is 3.61. The number of amides is 3. The Bertz CT molecular complexity index is 1250. The Morgan fingerprint density at radius 3 is 2.03 bits per heavy atom. The first kappa shape index (κ1) is 22.1. The van der Waals surface area contributed by atoms with Crippen LogP contribution in [0.3, 0.4) is 0 Å². The zero-order valence-corrected chi connectivity index (χ0v) is 18.6. The van der Waals surface area contributed by atoms with Crippen LogP contribution in [0.25, 0.3) is 5.57 Å². The molecule has 4 rings (SSSR count). The van der Waals surface area contributed by atoms with Gasteiger partial charge in [-0.1, -0.05) is 23.7 Å². The fraction of sp³-hybridized carbons (Fsp3) is 0.0800. The van der Waals surface area contributed by atoms with Gasteiger partial charge in [0.15, 0.2) is 0 Å². The maximum atomic E-state index is 13.4. The van der Waals surface area contributed by atoms with E-state index in [2.05, 4.69) is 10.6 Å². The van der Waals surface area contributed by atoms with Crippen LogP contribution in [0.2, 0.25) is 5.02 Å². The van der Waals surface area contributed by atoms with Crippen molar-refractivity contribution in [3.63, 3.8) is 0 Å². The van der Waals surface area contributed by atoms with Gasteiger partial charge in [-0.3, -0.25) is 14.4 Å². The molecule has 0 aromatic heterocycles. The number of carbonyl (C=O) groups is 3. The summed E-state index contributed by atoms with van der Waals surface area (Å²) in [5.74, 6) is -0.512. The third-order valence-electron chi connectivity index (χ3n) is 5.02. The van der Waals surface area contributed by atoms with E-state index in [1.54, 1.807) is 79.9 Å². The first-order valence-corrected chi connectivity index (χ1v) is 10.4. The van der Waals surface area contributed by atoms with Crippen molar-refractivity contribution >= 4 is 52.0 Å². The van der Waals surface area contributed by atoms with Crippen molar-refractivity contribution in [1.29, 1.82) is 0 Å². The van der Waals surface area contributed by atoms with E-state index in [4.69, 9.17) is 16.3 Å². The molecule has 3 aromatic carbocycles. The molecule has 8 heteroatoms. The highest BCUT2D eigenvalue weighted by Gasteiger charge is 2.40. The number of methoxy groups -OCH3 is 1. The summed E-state index contributed by atoms with van der Waals surface area (Å²) >= 11 is 6.02. The average Bonchev–Trinajstić information content (AvgIpc) is 3.05. The molecule has 3 aromatic rings. The lowest BCUT2D eigenvalue weighted by Gasteiger charge is -2.16. The average molecular weight is 462 g/mol. The normalized spacial score (nSPS) is 13.4. The predicted molar refractivity (Wildman–Crippen MR) is 128 cm³/mol. The van der Waals surface area contributed by atoms with Gasteiger partial charge in [0.2, 0.25) is 5.91 Å². The number of hydrogen-bond acceptors (Lipinski definition) is 5. The number of rotatable bonds is 6. The van der Waals surface area contributed by atoms with Crippen molar-refractivity contribution in [3.8, 4) is 5.75 Å². The molecule has 0 spiro atoms. The van der Waals surface area contributed by atoms with Gasteiger partial charge >= 0.3 is 0 Å². The number of nitrogens with zero attached hydrogens (tertiary/aromatic N) is 1. The number of benzene rings is 3. The standard InChI is InChI=1S/C25H20ClN3O4/c1-15(30)27-18-7-9-19(10-8-18)28-23-22(16-3-5-17(26)6-4-16)24(31)29(25(23)32)20-11-13-21(33-2)14-12-20/h3-14,28H,1-2H3,(H,27,30). The number of imide groups is 1. The molecule has 0 atom stereocenters. The highest BCUT2D eigenvalue weighted by Crippen LogP contribution is 2.34. The SMILES string of the molecule is COc1ccc(N2C(=O)C(Nc3ccc(NC(C)=O)cc3)=C(c3ccc(Cl)cc3)C2=O)cc1. The molecule has 0 unspecified atom stereocenters. The third-order valence-corrected chi connectivity index (χ3v) is 5.27. The monoisotopic (exact) mass is 461 g/mol. The van der Waals surface area contributed by atoms with Crippen LogP contribution in [0.1, 0.15) is 12.5 Å². The Hall–Kier alpha value is -4.10. The lowest BCUT2D eigenvalue weighted by molar-refractivity contribution is -0.120. The molecule has 2 N–H and O–H groups in total. The second-order valence-electron chi connectivity index (χ2n) is 7.28. The summed E-state index contributed by atoms with van der Waals surface area (Å²) in [6, 6.07) is 20.2. The maximum Gasteiger partial charge on any atom is 0.282 e. The molecular weight excluding hydrogens is 442 g/mol. The summed E-state index contributed by atoms with van der Waals surface area (Å²) < 4.78 is 5.17. The van der Waals surface area contributed by atoms with E-state index in [9.17, 15) is 14.4 Å². The lowest BCUT2D eigenvalue weighted by atomic mass is 10.0. The number of carbonyl (C=O) groups excluding carboxylic acids is 3. The fourth-order valence-electron chi connectivity index (χ4n) is 3.48. The quantitative estimate of drug-likeness (QED) is 0.519. The number of anilines is 3. The molecule has 7 nitrogen and oxygen atoms in total. The van der Waals surface area contributed by atoms with Crippen molar-refractivity contribution in [2.45, 2.75) is 6.92 Å². The number of halogens is 1. The van der Waals surface area contributed by atoms with Crippen molar-refractivity contribution in [2.75, 3.05) is 22.6 Å². The van der Waals surface area contributed by atoms with Crippen LogP contribution in [0.4, 0.5) is 17.1 Å². The Morgan fingerprint density at radius 1 is 0.848 bits per heavy atom. The van der Waals surface area contributed by atoms with E-state index >= 15 is 0 Å². The van der Waals surface area contributed by atoms with Crippen LogP contribution >= 0.6 is 11.6 Å². The first-order chi connectivity index (χ1) is 15.9. The molecule has 166 valence electrons. The topological polar surface area (TPSA) is 87.7 Å². The predicted octanol–water partition coefficient (Wildman–Crippen LogP) is 4.70. The van der Waals surface area contributed by atoms with Gasteiger partial charge < -0.3 is 15.4 Å². The molecule has 1 aliphatic heterocycles. The van der Waals surface area contributed by atoms with Crippen LogP contribution in [-0.4, -0.2) is 24.8 Å². The lowest BCUT2D eigenvalue weighted by Crippen LogP contribution is -2.32. The maximum absolute atomic E-state index is 13.4. The van der Waals surface area contributed by atoms with E-state index < -0.39 is 11.8 Å². The van der Waals surface area contributed by atoms with E-state index in [-0.39, 0.29) is 17.2 Å². The Balaban J connectivity index is 1.73. The Labute approximate surface area is 195 Å². The van der Waals surface area contributed by atoms with Gasteiger partial charge in [0.05, 0.1) is 18.4 Å². The molecule has 3 amide bonds.